The van der Waals surface area contributed by atoms with E-state index in [1.807, 2.05) is 13.8 Å². The molecule has 2 amide bonds. The zero-order valence-electron chi connectivity index (χ0n) is 8.64. The van der Waals surface area contributed by atoms with Crippen LogP contribution in [-0.4, -0.2) is 46.5 Å². The van der Waals surface area contributed by atoms with Crippen LogP contribution in [0.25, 0.3) is 0 Å². The van der Waals surface area contributed by atoms with Crippen LogP contribution < -0.4 is 10.6 Å². The number of carbonyl (C=O) groups is 2. The van der Waals surface area contributed by atoms with Gasteiger partial charge in [-0.15, -0.1) is 0 Å². The minimum Gasteiger partial charge on any atom is -0.302 e. The molecule has 0 aromatic heterocycles. The summed E-state index contributed by atoms with van der Waals surface area (Å²) in [6, 6.07) is 0. The van der Waals surface area contributed by atoms with Crippen LogP contribution in [0.3, 0.4) is 0 Å². The van der Waals surface area contributed by atoms with Crippen LogP contribution in [-0.2, 0) is 9.59 Å². The molecule has 0 aromatic carbocycles. The van der Waals surface area contributed by atoms with Crippen LogP contribution in [0.1, 0.15) is 26.7 Å². The zero-order valence-corrected chi connectivity index (χ0v) is 11.5. The Morgan fingerprint density at radius 3 is 1.79 bits per heavy atom. The number of amides is 2. The minimum absolute atomic E-state index is 0. The summed E-state index contributed by atoms with van der Waals surface area (Å²) in [5.74, 6) is -0.572. The second kappa shape index (κ2) is 5.21. The van der Waals surface area contributed by atoms with Gasteiger partial charge in [0.25, 0.3) is 0 Å². The summed E-state index contributed by atoms with van der Waals surface area (Å²) < 4.78 is 0. The normalized spacial score (nSPS) is 19.4. The molecule has 2 N–H and O–H groups in total. The van der Waals surface area contributed by atoms with Crippen molar-refractivity contribution >= 4 is 58.7 Å². The summed E-state index contributed by atoms with van der Waals surface area (Å²) in [6.45, 7) is 3.63. The molecule has 0 bridgehead atoms. The predicted octanol–water partition coefficient (Wildman–Crippen LogP) is -0.0571. The number of thiocarbonyl (C=S) groups is 1. The quantitative estimate of drug-likeness (QED) is 0.392. The average molecular weight is 223 g/mol. The average Bonchev–Trinajstić information content (AvgIpc) is 2.05. The third-order valence-electron chi connectivity index (χ3n) is 2.53. The first-order valence-electron chi connectivity index (χ1n) is 4.23. The molecule has 1 fully saturated rings. The Kier molecular flexibility index (Phi) is 5.22. The summed E-state index contributed by atoms with van der Waals surface area (Å²) in [5.41, 5.74) is -0.928. The van der Waals surface area contributed by atoms with Crippen molar-refractivity contribution in [2.24, 2.45) is 5.41 Å². The minimum atomic E-state index is -0.928. The van der Waals surface area contributed by atoms with Gasteiger partial charge in [0.05, 0.1) is 0 Å². The molecule has 4 nitrogen and oxygen atoms in total. The van der Waals surface area contributed by atoms with Crippen molar-refractivity contribution < 1.29 is 9.59 Å². The molecule has 0 unspecified atom stereocenters. The molecule has 0 aromatic rings. The van der Waals surface area contributed by atoms with Crippen molar-refractivity contribution in [1.82, 2.24) is 10.6 Å². The van der Waals surface area contributed by atoms with Gasteiger partial charge in [0.15, 0.2) is 5.11 Å². The first kappa shape index (κ1) is 14.0. The molecular weight excluding hydrogens is 211 g/mol. The number of hydrogen-bond donors (Lipinski definition) is 2. The van der Waals surface area contributed by atoms with Gasteiger partial charge in [0.1, 0.15) is 5.41 Å². The zero-order chi connectivity index (χ0) is 10.1. The van der Waals surface area contributed by atoms with Crippen LogP contribution in [0.2, 0.25) is 0 Å². The molecule has 0 aliphatic carbocycles. The van der Waals surface area contributed by atoms with Crippen molar-refractivity contribution in [2.45, 2.75) is 26.7 Å². The second-order valence-electron chi connectivity index (χ2n) is 3.03. The fourth-order valence-electron chi connectivity index (χ4n) is 1.47. The number of carbonyl (C=O) groups excluding carboxylic acids is 2. The van der Waals surface area contributed by atoms with E-state index in [9.17, 15) is 9.59 Å². The van der Waals surface area contributed by atoms with Gasteiger partial charge in [-0.3, -0.25) is 9.59 Å². The predicted molar refractivity (Wildman–Crippen MR) is 57.7 cm³/mol. The Morgan fingerprint density at radius 1 is 1.14 bits per heavy atom. The van der Waals surface area contributed by atoms with Gasteiger partial charge in [-0.1, -0.05) is 13.8 Å². The van der Waals surface area contributed by atoms with Gasteiger partial charge in [-0.2, -0.15) is 0 Å². The van der Waals surface area contributed by atoms with Crippen molar-refractivity contribution in [1.29, 1.82) is 0 Å². The van der Waals surface area contributed by atoms with Crippen LogP contribution in [0.5, 0.6) is 0 Å². The van der Waals surface area contributed by atoms with E-state index in [0.29, 0.717) is 12.8 Å². The molecule has 1 rings (SSSR count). The maximum atomic E-state index is 11.5. The third-order valence-corrected chi connectivity index (χ3v) is 2.73. The van der Waals surface area contributed by atoms with E-state index in [2.05, 4.69) is 10.6 Å². The second-order valence-corrected chi connectivity index (χ2v) is 3.43. The number of nitrogens with one attached hydrogen (secondary N) is 2. The molecular formula is C8H12N2NaO2S. The van der Waals surface area contributed by atoms with Gasteiger partial charge in [0.2, 0.25) is 11.8 Å². The molecule has 1 aliphatic rings. The number of hydrogen-bond acceptors (Lipinski definition) is 3. The van der Waals surface area contributed by atoms with E-state index in [-0.39, 0.29) is 46.5 Å². The van der Waals surface area contributed by atoms with Gasteiger partial charge >= 0.3 is 0 Å². The Balaban J connectivity index is 0.00000169. The molecule has 0 saturated carbocycles. The van der Waals surface area contributed by atoms with Crippen LogP contribution in [0, 0.1) is 5.41 Å². The van der Waals surface area contributed by atoms with E-state index >= 15 is 0 Å². The van der Waals surface area contributed by atoms with Crippen molar-refractivity contribution in [3.05, 3.63) is 0 Å². The maximum absolute atomic E-state index is 11.5. The first-order valence-corrected chi connectivity index (χ1v) is 4.64. The monoisotopic (exact) mass is 223 g/mol. The molecule has 0 atom stereocenters. The Hall–Kier alpha value is 0.0300. The smallest absolute Gasteiger partial charge is 0.241 e. The molecule has 1 radical (unpaired) electrons. The van der Waals surface area contributed by atoms with Crippen molar-refractivity contribution in [2.75, 3.05) is 0 Å². The molecule has 14 heavy (non-hydrogen) atoms. The Labute approximate surface area is 110 Å². The summed E-state index contributed by atoms with van der Waals surface area (Å²) in [5, 5.41) is 5.03. The van der Waals surface area contributed by atoms with Gasteiger partial charge < -0.3 is 10.6 Å². The SMILES string of the molecule is CCC1(CC)C(=O)NC(=S)NC1=O.[Na]. The molecule has 1 heterocycles. The van der Waals surface area contributed by atoms with E-state index < -0.39 is 5.41 Å². The first-order chi connectivity index (χ1) is 6.06. The van der Waals surface area contributed by atoms with E-state index in [1.165, 1.54) is 0 Å². The number of rotatable bonds is 2. The van der Waals surface area contributed by atoms with E-state index in [4.69, 9.17) is 12.2 Å². The summed E-state index contributed by atoms with van der Waals surface area (Å²) in [6.07, 6.45) is 0.980. The third kappa shape index (κ3) is 2.16. The summed E-state index contributed by atoms with van der Waals surface area (Å²) in [4.78, 5) is 23.1. The fraction of sp³-hybridized carbons (Fsp3) is 0.625. The topological polar surface area (TPSA) is 58.2 Å². The molecule has 1 aliphatic heterocycles. The summed E-state index contributed by atoms with van der Waals surface area (Å²) >= 11 is 4.69. The molecule has 73 valence electrons. The molecule has 6 heteroatoms. The largest absolute Gasteiger partial charge is 0.302 e. The Morgan fingerprint density at radius 2 is 1.50 bits per heavy atom. The molecule has 1 saturated heterocycles. The van der Waals surface area contributed by atoms with Crippen molar-refractivity contribution in [3.8, 4) is 0 Å². The maximum Gasteiger partial charge on any atom is 0.241 e. The van der Waals surface area contributed by atoms with E-state index in [1.54, 1.807) is 0 Å². The summed E-state index contributed by atoms with van der Waals surface area (Å²) in [7, 11) is 0. The van der Waals surface area contributed by atoms with Gasteiger partial charge in [-0.05, 0) is 25.1 Å². The van der Waals surface area contributed by atoms with Crippen LogP contribution in [0.4, 0.5) is 0 Å². The van der Waals surface area contributed by atoms with E-state index in [0.717, 1.165) is 0 Å². The standard InChI is InChI=1S/C8H12N2O2S.Na/c1-3-8(4-2)5(11)9-7(13)10-6(8)12;/h3-4H2,1-2H3,(H2,9,10,11,12,13);. The fourth-order valence-corrected chi connectivity index (χ4v) is 1.66. The van der Waals surface area contributed by atoms with Gasteiger partial charge in [0, 0.05) is 29.6 Å². The molecule has 0 spiro atoms. The van der Waals surface area contributed by atoms with Crippen LogP contribution in [0.15, 0.2) is 0 Å². The van der Waals surface area contributed by atoms with Crippen molar-refractivity contribution in [3.63, 3.8) is 0 Å². The Bertz CT molecular complexity index is 255. The van der Waals surface area contributed by atoms with Crippen LogP contribution >= 0.6 is 12.2 Å². The van der Waals surface area contributed by atoms with Gasteiger partial charge in [-0.25, -0.2) is 0 Å².